The first-order chi connectivity index (χ1) is 3.92. The fraction of sp³-hybridized carbons (Fsp3) is 0.857. The summed E-state index contributed by atoms with van der Waals surface area (Å²) in [5, 5.41) is 9.93. The molecule has 0 fully saturated rings. The Morgan fingerprint density at radius 3 is 2.00 bits per heavy atom. The normalized spacial score (nSPS) is 11.4. The number of hydrogen-bond donors (Lipinski definition) is 0. The molecular weight excluding hydrogens is 116 g/mol. The van der Waals surface area contributed by atoms with Gasteiger partial charge in [-0.05, 0) is 18.3 Å². The van der Waals surface area contributed by atoms with Gasteiger partial charge in [0, 0.05) is 5.97 Å². The van der Waals surface area contributed by atoms with Gasteiger partial charge < -0.3 is 9.90 Å². The zero-order chi connectivity index (χ0) is 7.49. The molecule has 0 aliphatic carbocycles. The number of aliphatic carboxylic acids is 1. The van der Waals surface area contributed by atoms with Crippen LogP contribution in [0.3, 0.4) is 0 Å². The van der Waals surface area contributed by atoms with Gasteiger partial charge in [0.15, 0.2) is 0 Å². The Kier molecular flexibility index (Phi) is 2.68. The fourth-order valence-electron chi connectivity index (χ4n) is 0.477. The largest absolute Gasteiger partial charge is 0.550 e. The quantitative estimate of drug-likeness (QED) is 0.546. The van der Waals surface area contributed by atoms with Crippen molar-refractivity contribution in [3.8, 4) is 0 Å². The lowest BCUT2D eigenvalue weighted by molar-refractivity contribution is -0.306. The molecule has 0 heterocycles. The molecule has 0 amide bonds. The number of carbonyl (C=O) groups is 1. The van der Waals surface area contributed by atoms with E-state index in [1.165, 1.54) is 0 Å². The van der Waals surface area contributed by atoms with Crippen molar-refractivity contribution in [2.75, 3.05) is 0 Å². The van der Waals surface area contributed by atoms with E-state index in [2.05, 4.69) is 0 Å². The van der Waals surface area contributed by atoms with E-state index in [1.807, 2.05) is 20.8 Å². The number of carbonyl (C=O) groups excluding carboxylic acids is 1. The SMILES string of the molecule is CC(C)(C)CCC(=O)[O-]. The van der Waals surface area contributed by atoms with Gasteiger partial charge in [0.1, 0.15) is 0 Å². The van der Waals surface area contributed by atoms with Gasteiger partial charge in [-0.2, -0.15) is 0 Å². The summed E-state index contributed by atoms with van der Waals surface area (Å²) in [5.41, 5.74) is 0.111. The number of hydrogen-bond acceptors (Lipinski definition) is 2. The van der Waals surface area contributed by atoms with Crippen LogP contribution in [-0.4, -0.2) is 5.97 Å². The number of carboxylic acids is 1. The van der Waals surface area contributed by atoms with Crippen LogP contribution in [0.25, 0.3) is 0 Å². The highest BCUT2D eigenvalue weighted by molar-refractivity contribution is 5.64. The molecule has 0 bridgehead atoms. The van der Waals surface area contributed by atoms with Crippen molar-refractivity contribution >= 4 is 5.97 Å². The number of rotatable bonds is 2. The Hall–Kier alpha value is -0.530. The van der Waals surface area contributed by atoms with Crippen molar-refractivity contribution < 1.29 is 9.90 Å². The second-order valence-corrected chi connectivity index (χ2v) is 3.43. The van der Waals surface area contributed by atoms with Crippen LogP contribution < -0.4 is 5.11 Å². The smallest absolute Gasteiger partial charge is 0.0414 e. The van der Waals surface area contributed by atoms with Crippen LogP contribution in [0.4, 0.5) is 0 Å². The maximum Gasteiger partial charge on any atom is 0.0414 e. The predicted octanol–water partition coefficient (Wildman–Crippen LogP) is 0.563. The first kappa shape index (κ1) is 8.47. The van der Waals surface area contributed by atoms with E-state index >= 15 is 0 Å². The molecule has 54 valence electrons. The van der Waals surface area contributed by atoms with Crippen molar-refractivity contribution in [3.63, 3.8) is 0 Å². The van der Waals surface area contributed by atoms with Gasteiger partial charge in [-0.15, -0.1) is 0 Å². The molecule has 0 aromatic carbocycles. The second kappa shape index (κ2) is 2.85. The lowest BCUT2D eigenvalue weighted by Crippen LogP contribution is -2.23. The zero-order valence-electron chi connectivity index (χ0n) is 6.23. The highest BCUT2D eigenvalue weighted by atomic mass is 16.4. The Morgan fingerprint density at radius 1 is 1.44 bits per heavy atom. The molecule has 0 spiro atoms. The van der Waals surface area contributed by atoms with Crippen LogP contribution in [0.15, 0.2) is 0 Å². The van der Waals surface area contributed by atoms with E-state index in [1.54, 1.807) is 0 Å². The minimum atomic E-state index is -0.954. The van der Waals surface area contributed by atoms with Gasteiger partial charge >= 0.3 is 0 Å². The molecule has 0 rings (SSSR count). The molecule has 0 aromatic heterocycles. The predicted molar refractivity (Wildman–Crippen MR) is 33.7 cm³/mol. The van der Waals surface area contributed by atoms with Crippen LogP contribution in [0, 0.1) is 5.41 Å². The molecule has 0 aliphatic rings. The molecule has 0 saturated carbocycles. The van der Waals surface area contributed by atoms with E-state index in [9.17, 15) is 9.90 Å². The summed E-state index contributed by atoms with van der Waals surface area (Å²) in [6.45, 7) is 6.03. The summed E-state index contributed by atoms with van der Waals surface area (Å²) in [6.07, 6.45) is 0.860. The lowest BCUT2D eigenvalue weighted by atomic mass is 9.91. The first-order valence-corrected chi connectivity index (χ1v) is 3.12. The Bertz CT molecular complexity index is 100.0. The Labute approximate surface area is 55.9 Å². The van der Waals surface area contributed by atoms with E-state index in [-0.39, 0.29) is 11.8 Å². The van der Waals surface area contributed by atoms with Gasteiger partial charge in [-0.1, -0.05) is 20.8 Å². The van der Waals surface area contributed by atoms with Gasteiger partial charge in [0.05, 0.1) is 0 Å². The first-order valence-electron chi connectivity index (χ1n) is 3.12. The minimum Gasteiger partial charge on any atom is -0.550 e. The fourth-order valence-corrected chi connectivity index (χ4v) is 0.477. The highest BCUT2D eigenvalue weighted by Crippen LogP contribution is 2.19. The molecule has 2 nitrogen and oxygen atoms in total. The summed E-state index contributed by atoms with van der Waals surface area (Å²) in [5.74, 6) is -0.954. The number of carboxylic acid groups (broad SMARTS) is 1. The third-order valence-corrected chi connectivity index (χ3v) is 1.08. The second-order valence-electron chi connectivity index (χ2n) is 3.43. The molecule has 0 aromatic rings. The van der Waals surface area contributed by atoms with Crippen molar-refractivity contribution in [3.05, 3.63) is 0 Å². The molecule has 9 heavy (non-hydrogen) atoms. The van der Waals surface area contributed by atoms with Crippen LogP contribution in [0.5, 0.6) is 0 Å². The molecule has 0 aliphatic heterocycles. The van der Waals surface area contributed by atoms with Crippen LogP contribution >= 0.6 is 0 Å². The Morgan fingerprint density at radius 2 is 1.89 bits per heavy atom. The van der Waals surface area contributed by atoms with Crippen molar-refractivity contribution in [1.29, 1.82) is 0 Å². The maximum absolute atomic E-state index is 9.93. The van der Waals surface area contributed by atoms with Crippen molar-refractivity contribution in [1.82, 2.24) is 0 Å². The van der Waals surface area contributed by atoms with Crippen molar-refractivity contribution in [2.45, 2.75) is 33.6 Å². The van der Waals surface area contributed by atoms with E-state index < -0.39 is 5.97 Å². The minimum absolute atomic E-state index is 0.111. The maximum atomic E-state index is 9.93. The molecule has 2 heteroatoms. The average Bonchev–Trinajstić information content (AvgIpc) is 1.59. The molecule has 0 saturated heterocycles. The van der Waals surface area contributed by atoms with Crippen LogP contribution in [0.1, 0.15) is 33.6 Å². The molecular formula is C7H13O2-. The van der Waals surface area contributed by atoms with Crippen LogP contribution in [-0.2, 0) is 4.79 Å². The van der Waals surface area contributed by atoms with E-state index in [0.717, 1.165) is 0 Å². The van der Waals surface area contributed by atoms with Gasteiger partial charge in [-0.25, -0.2) is 0 Å². The monoisotopic (exact) mass is 129 g/mol. The zero-order valence-corrected chi connectivity index (χ0v) is 6.23. The third-order valence-electron chi connectivity index (χ3n) is 1.08. The third kappa shape index (κ3) is 7.47. The summed E-state index contributed by atoms with van der Waals surface area (Å²) >= 11 is 0. The highest BCUT2D eigenvalue weighted by Gasteiger charge is 2.08. The lowest BCUT2D eigenvalue weighted by Gasteiger charge is -2.17. The summed E-state index contributed by atoms with van der Waals surface area (Å²) < 4.78 is 0. The summed E-state index contributed by atoms with van der Waals surface area (Å²) in [6, 6.07) is 0. The van der Waals surface area contributed by atoms with Gasteiger partial charge in [0.2, 0.25) is 0 Å². The summed E-state index contributed by atoms with van der Waals surface area (Å²) in [4.78, 5) is 9.93. The van der Waals surface area contributed by atoms with Gasteiger partial charge in [-0.3, -0.25) is 0 Å². The molecule has 0 N–H and O–H groups in total. The summed E-state index contributed by atoms with van der Waals surface area (Å²) in [7, 11) is 0. The van der Waals surface area contributed by atoms with Crippen LogP contribution in [0.2, 0.25) is 0 Å². The van der Waals surface area contributed by atoms with E-state index in [4.69, 9.17) is 0 Å². The standard InChI is InChI=1S/C7H14O2/c1-7(2,3)5-4-6(8)9/h4-5H2,1-3H3,(H,8,9)/p-1. The molecule has 0 radical (unpaired) electrons. The Balaban J connectivity index is 3.39. The molecule has 0 unspecified atom stereocenters. The van der Waals surface area contributed by atoms with Crippen molar-refractivity contribution in [2.24, 2.45) is 5.41 Å². The average molecular weight is 129 g/mol. The van der Waals surface area contributed by atoms with E-state index in [0.29, 0.717) is 6.42 Å². The molecule has 0 atom stereocenters. The topological polar surface area (TPSA) is 40.1 Å². The van der Waals surface area contributed by atoms with Gasteiger partial charge in [0.25, 0.3) is 0 Å².